The second kappa shape index (κ2) is 6.16. The quantitative estimate of drug-likeness (QED) is 0.884. The van der Waals surface area contributed by atoms with Crippen LogP contribution in [0, 0.1) is 19.3 Å². The molecule has 3 heterocycles. The second-order valence-electron chi connectivity index (χ2n) is 7.33. The molecular formula is C18H25N5O. The number of aromatic nitrogens is 4. The lowest BCUT2D eigenvalue weighted by molar-refractivity contribution is 0.193. The van der Waals surface area contributed by atoms with Crippen molar-refractivity contribution in [1.82, 2.24) is 19.7 Å². The lowest BCUT2D eigenvalue weighted by Gasteiger charge is -2.18. The first-order chi connectivity index (χ1) is 11.6. The van der Waals surface area contributed by atoms with Crippen molar-refractivity contribution in [3.8, 4) is 0 Å². The molecule has 0 amide bonds. The highest BCUT2D eigenvalue weighted by Gasteiger charge is 2.43. The topological polar surface area (TPSA) is 64.9 Å². The molecule has 128 valence electrons. The first-order valence-corrected chi connectivity index (χ1v) is 8.78. The average molecular weight is 327 g/mol. The van der Waals surface area contributed by atoms with Gasteiger partial charge in [-0.25, -0.2) is 9.97 Å². The van der Waals surface area contributed by atoms with Crippen LogP contribution in [0.1, 0.15) is 42.3 Å². The van der Waals surface area contributed by atoms with Gasteiger partial charge in [-0.15, -0.1) is 0 Å². The minimum atomic E-state index is 0.310. The molecule has 0 spiro atoms. The summed E-state index contributed by atoms with van der Waals surface area (Å²) in [4.78, 5) is 8.80. The summed E-state index contributed by atoms with van der Waals surface area (Å²) < 4.78 is 7.61. The Kier molecular flexibility index (Phi) is 4.00. The number of nitrogens with one attached hydrogen (secondary N) is 1. The monoisotopic (exact) mass is 327 g/mol. The Labute approximate surface area is 142 Å². The summed E-state index contributed by atoms with van der Waals surface area (Å²) in [6.07, 6.45) is 5.20. The number of rotatable bonds is 6. The van der Waals surface area contributed by atoms with E-state index in [1.807, 2.05) is 0 Å². The molecule has 1 aliphatic heterocycles. The summed E-state index contributed by atoms with van der Waals surface area (Å²) in [6, 6.07) is 4.22. The fourth-order valence-electron chi connectivity index (χ4n) is 3.46. The van der Waals surface area contributed by atoms with E-state index in [0.29, 0.717) is 11.3 Å². The number of aryl methyl sites for hydroxylation is 2. The van der Waals surface area contributed by atoms with Crippen molar-refractivity contribution in [2.45, 2.75) is 45.6 Å². The first kappa shape index (κ1) is 15.6. The Morgan fingerprint density at radius 3 is 2.83 bits per heavy atom. The molecule has 4 rings (SSSR count). The minimum absolute atomic E-state index is 0.310. The number of nitrogens with zero attached hydrogens (tertiary/aromatic N) is 4. The zero-order chi connectivity index (χ0) is 16.6. The van der Waals surface area contributed by atoms with Crippen molar-refractivity contribution in [2.75, 3.05) is 25.1 Å². The van der Waals surface area contributed by atoms with E-state index in [4.69, 9.17) is 4.74 Å². The highest BCUT2D eigenvalue weighted by molar-refractivity contribution is 5.36. The van der Waals surface area contributed by atoms with Crippen LogP contribution < -0.4 is 5.32 Å². The van der Waals surface area contributed by atoms with Crippen LogP contribution in [0.15, 0.2) is 18.5 Å². The summed E-state index contributed by atoms with van der Waals surface area (Å²) in [5.41, 5.74) is 3.73. The van der Waals surface area contributed by atoms with E-state index in [2.05, 4.69) is 51.0 Å². The number of hydrogen-bond donors (Lipinski definition) is 1. The predicted octanol–water partition coefficient (Wildman–Crippen LogP) is 2.69. The van der Waals surface area contributed by atoms with E-state index in [1.54, 1.807) is 6.33 Å². The molecule has 6 nitrogen and oxygen atoms in total. The van der Waals surface area contributed by atoms with Gasteiger partial charge in [-0.05, 0) is 39.2 Å². The van der Waals surface area contributed by atoms with E-state index < -0.39 is 0 Å². The summed E-state index contributed by atoms with van der Waals surface area (Å²) in [7, 11) is 0. The van der Waals surface area contributed by atoms with Crippen molar-refractivity contribution in [2.24, 2.45) is 5.41 Å². The molecule has 0 radical (unpaired) electrons. The fraction of sp³-hybridized carbons (Fsp3) is 0.611. The SMILES string of the molecule is Cc1cc(C)n(CC2(CNc3cc([C@@H]4CCOC4)ncn3)CC2)n1. The molecule has 2 fully saturated rings. The van der Waals surface area contributed by atoms with Crippen molar-refractivity contribution in [3.63, 3.8) is 0 Å². The van der Waals surface area contributed by atoms with Gasteiger partial charge in [0, 0.05) is 42.8 Å². The van der Waals surface area contributed by atoms with E-state index in [1.165, 1.54) is 18.5 Å². The Morgan fingerprint density at radius 2 is 2.17 bits per heavy atom. The van der Waals surface area contributed by atoms with E-state index >= 15 is 0 Å². The van der Waals surface area contributed by atoms with Crippen LogP contribution >= 0.6 is 0 Å². The third-order valence-electron chi connectivity index (χ3n) is 5.23. The zero-order valence-electron chi connectivity index (χ0n) is 14.5. The van der Waals surface area contributed by atoms with Gasteiger partial charge in [-0.2, -0.15) is 5.10 Å². The normalized spacial score (nSPS) is 21.8. The molecule has 1 saturated heterocycles. The van der Waals surface area contributed by atoms with Crippen LogP contribution in [0.25, 0.3) is 0 Å². The molecular weight excluding hydrogens is 302 g/mol. The summed E-state index contributed by atoms with van der Waals surface area (Å²) in [5.74, 6) is 1.34. The molecule has 2 aromatic heterocycles. The molecule has 24 heavy (non-hydrogen) atoms. The van der Waals surface area contributed by atoms with Crippen LogP contribution in [-0.4, -0.2) is 39.5 Å². The number of ether oxygens (including phenoxy) is 1. The van der Waals surface area contributed by atoms with Crippen LogP contribution in [0.3, 0.4) is 0 Å². The van der Waals surface area contributed by atoms with Crippen molar-refractivity contribution >= 4 is 5.82 Å². The third kappa shape index (κ3) is 3.29. The lowest BCUT2D eigenvalue weighted by Crippen LogP contribution is -2.23. The van der Waals surface area contributed by atoms with Crippen molar-refractivity contribution in [1.29, 1.82) is 0 Å². The van der Waals surface area contributed by atoms with Gasteiger partial charge in [0.25, 0.3) is 0 Å². The Morgan fingerprint density at radius 1 is 1.29 bits per heavy atom. The Balaban J connectivity index is 1.39. The molecule has 6 heteroatoms. The summed E-state index contributed by atoms with van der Waals surface area (Å²) >= 11 is 0. The maximum atomic E-state index is 5.46. The van der Waals surface area contributed by atoms with E-state index in [0.717, 1.165) is 49.9 Å². The third-order valence-corrected chi connectivity index (χ3v) is 5.23. The van der Waals surface area contributed by atoms with E-state index in [-0.39, 0.29) is 0 Å². The molecule has 1 atom stereocenters. The minimum Gasteiger partial charge on any atom is -0.381 e. The van der Waals surface area contributed by atoms with Crippen LogP contribution in [0.2, 0.25) is 0 Å². The van der Waals surface area contributed by atoms with Crippen molar-refractivity contribution < 1.29 is 4.74 Å². The average Bonchev–Trinajstić information content (AvgIpc) is 2.98. The maximum absolute atomic E-state index is 5.46. The molecule has 1 saturated carbocycles. The summed E-state index contributed by atoms with van der Waals surface area (Å²) in [5, 5.41) is 8.13. The second-order valence-corrected chi connectivity index (χ2v) is 7.33. The van der Waals surface area contributed by atoms with Gasteiger partial charge in [-0.3, -0.25) is 4.68 Å². The molecule has 0 bridgehead atoms. The Bertz CT molecular complexity index is 716. The Hall–Kier alpha value is -1.95. The largest absolute Gasteiger partial charge is 0.381 e. The highest BCUT2D eigenvalue weighted by Crippen LogP contribution is 2.47. The number of anilines is 1. The van der Waals surface area contributed by atoms with Crippen LogP contribution in [0.4, 0.5) is 5.82 Å². The van der Waals surface area contributed by atoms with Gasteiger partial charge in [-0.1, -0.05) is 0 Å². The highest BCUT2D eigenvalue weighted by atomic mass is 16.5. The summed E-state index contributed by atoms with van der Waals surface area (Å²) in [6.45, 7) is 7.71. The van der Waals surface area contributed by atoms with Gasteiger partial charge in [0.2, 0.25) is 0 Å². The maximum Gasteiger partial charge on any atom is 0.129 e. The van der Waals surface area contributed by atoms with Gasteiger partial charge in [0.1, 0.15) is 12.1 Å². The smallest absolute Gasteiger partial charge is 0.129 e. The fourth-order valence-corrected chi connectivity index (χ4v) is 3.46. The van der Waals surface area contributed by atoms with Gasteiger partial charge in [0.15, 0.2) is 0 Å². The van der Waals surface area contributed by atoms with Gasteiger partial charge < -0.3 is 10.1 Å². The van der Waals surface area contributed by atoms with E-state index in [9.17, 15) is 0 Å². The van der Waals surface area contributed by atoms with Crippen LogP contribution in [-0.2, 0) is 11.3 Å². The molecule has 0 aromatic carbocycles. The lowest BCUT2D eigenvalue weighted by atomic mass is 10.0. The van der Waals surface area contributed by atoms with Crippen molar-refractivity contribution in [3.05, 3.63) is 35.5 Å². The molecule has 2 aromatic rings. The zero-order valence-corrected chi connectivity index (χ0v) is 14.5. The predicted molar refractivity (Wildman–Crippen MR) is 92.1 cm³/mol. The van der Waals surface area contributed by atoms with Gasteiger partial charge >= 0.3 is 0 Å². The van der Waals surface area contributed by atoms with Gasteiger partial charge in [0.05, 0.1) is 18.0 Å². The molecule has 1 aliphatic carbocycles. The standard InChI is InChI=1S/C18H25N5O/c1-13-7-14(2)23(22-13)11-18(4-5-18)10-19-17-8-16(20-12-21-17)15-3-6-24-9-15/h7-8,12,15H,3-6,9-11H2,1-2H3,(H,19,20,21)/t15-/m1/s1. The molecule has 1 N–H and O–H groups in total. The number of hydrogen-bond acceptors (Lipinski definition) is 5. The first-order valence-electron chi connectivity index (χ1n) is 8.78. The molecule has 2 aliphatic rings. The molecule has 0 unspecified atom stereocenters. The van der Waals surface area contributed by atoms with Crippen LogP contribution in [0.5, 0.6) is 0 Å².